The summed E-state index contributed by atoms with van der Waals surface area (Å²) in [7, 11) is 2.58. The summed E-state index contributed by atoms with van der Waals surface area (Å²) in [5.41, 5.74) is 1.06. The Labute approximate surface area is 128 Å². The molecule has 0 aliphatic carbocycles. The van der Waals surface area contributed by atoms with Crippen molar-refractivity contribution in [3.8, 4) is 11.5 Å². The van der Waals surface area contributed by atoms with Gasteiger partial charge in [-0.05, 0) is 24.7 Å². The first-order chi connectivity index (χ1) is 10.2. The quantitative estimate of drug-likeness (QED) is 0.827. The standard InChI is InChI=1S/C15H23NO4S/c1-16-13(11-21(17)9-8-18-2)12-4-5-14-15(10-12)20-7-3-6-19-14/h4-5,10,13,16H,3,6-9,11H2,1-2H3. The Morgan fingerprint density at radius 2 is 2.10 bits per heavy atom. The molecule has 0 fully saturated rings. The summed E-state index contributed by atoms with van der Waals surface area (Å²) < 4.78 is 28.3. The number of methoxy groups -OCH3 is 1. The van der Waals surface area contributed by atoms with Crippen molar-refractivity contribution in [2.75, 3.05) is 45.5 Å². The van der Waals surface area contributed by atoms with E-state index >= 15 is 0 Å². The van der Waals surface area contributed by atoms with Crippen LogP contribution in [-0.2, 0) is 15.5 Å². The molecule has 0 radical (unpaired) electrons. The zero-order valence-corrected chi connectivity index (χ0v) is 13.4. The molecule has 0 aromatic heterocycles. The lowest BCUT2D eigenvalue weighted by atomic mass is 10.1. The number of benzene rings is 1. The maximum absolute atomic E-state index is 12.0. The lowest BCUT2D eigenvalue weighted by Gasteiger charge is -2.18. The van der Waals surface area contributed by atoms with Gasteiger partial charge >= 0.3 is 0 Å². The molecule has 0 saturated heterocycles. The lowest BCUT2D eigenvalue weighted by Crippen LogP contribution is -2.24. The highest BCUT2D eigenvalue weighted by atomic mass is 32.2. The van der Waals surface area contributed by atoms with E-state index in [1.54, 1.807) is 7.11 Å². The average Bonchev–Trinajstić information content (AvgIpc) is 2.75. The fraction of sp³-hybridized carbons (Fsp3) is 0.600. The minimum atomic E-state index is -0.915. The van der Waals surface area contributed by atoms with Crippen LogP contribution in [0, 0.1) is 0 Å². The number of hydrogen-bond donors (Lipinski definition) is 1. The molecule has 1 aliphatic rings. The largest absolute Gasteiger partial charge is 0.490 e. The van der Waals surface area contributed by atoms with Crippen LogP contribution in [0.1, 0.15) is 18.0 Å². The molecule has 2 unspecified atom stereocenters. The molecular formula is C15H23NO4S. The van der Waals surface area contributed by atoms with E-state index in [-0.39, 0.29) is 6.04 Å². The molecule has 1 aromatic carbocycles. The molecule has 0 amide bonds. The van der Waals surface area contributed by atoms with E-state index in [2.05, 4.69) is 5.32 Å². The number of ether oxygens (including phenoxy) is 3. The molecule has 118 valence electrons. The monoisotopic (exact) mass is 313 g/mol. The maximum Gasteiger partial charge on any atom is 0.161 e. The van der Waals surface area contributed by atoms with Crippen molar-refractivity contribution in [1.29, 1.82) is 0 Å². The third-order valence-electron chi connectivity index (χ3n) is 3.39. The van der Waals surface area contributed by atoms with Gasteiger partial charge in [0.05, 0.1) is 19.8 Å². The summed E-state index contributed by atoms with van der Waals surface area (Å²) in [6.45, 7) is 1.87. The number of nitrogens with one attached hydrogen (secondary N) is 1. The molecule has 5 nitrogen and oxygen atoms in total. The van der Waals surface area contributed by atoms with Crippen LogP contribution in [-0.4, -0.2) is 49.7 Å². The van der Waals surface area contributed by atoms with E-state index in [1.807, 2.05) is 25.2 Å². The smallest absolute Gasteiger partial charge is 0.161 e. The van der Waals surface area contributed by atoms with Gasteiger partial charge in [0.2, 0.25) is 0 Å². The molecule has 0 spiro atoms. The second kappa shape index (κ2) is 8.36. The van der Waals surface area contributed by atoms with Gasteiger partial charge in [-0.2, -0.15) is 0 Å². The van der Waals surface area contributed by atoms with E-state index in [0.717, 1.165) is 23.5 Å². The first-order valence-electron chi connectivity index (χ1n) is 7.15. The summed E-state index contributed by atoms with van der Waals surface area (Å²) >= 11 is 0. The molecular weight excluding hydrogens is 290 g/mol. The second-order valence-electron chi connectivity index (χ2n) is 4.90. The molecule has 0 bridgehead atoms. The normalized spacial score (nSPS) is 17.0. The Hall–Kier alpha value is -1.11. The van der Waals surface area contributed by atoms with Crippen LogP contribution in [0.3, 0.4) is 0 Å². The summed E-state index contributed by atoms with van der Waals surface area (Å²) in [5.74, 6) is 2.66. The van der Waals surface area contributed by atoms with Crippen molar-refractivity contribution in [2.24, 2.45) is 0 Å². The van der Waals surface area contributed by atoms with Crippen LogP contribution in [0.2, 0.25) is 0 Å². The van der Waals surface area contributed by atoms with E-state index < -0.39 is 10.8 Å². The van der Waals surface area contributed by atoms with Crippen molar-refractivity contribution in [3.63, 3.8) is 0 Å². The van der Waals surface area contributed by atoms with Crippen LogP contribution in [0.25, 0.3) is 0 Å². The number of fused-ring (bicyclic) bond motifs is 1. The van der Waals surface area contributed by atoms with Crippen molar-refractivity contribution in [3.05, 3.63) is 23.8 Å². The molecule has 6 heteroatoms. The molecule has 1 aliphatic heterocycles. The number of rotatable bonds is 7. The highest BCUT2D eigenvalue weighted by molar-refractivity contribution is 7.85. The van der Waals surface area contributed by atoms with Crippen molar-refractivity contribution in [1.82, 2.24) is 5.32 Å². The zero-order chi connectivity index (χ0) is 15.1. The lowest BCUT2D eigenvalue weighted by molar-refractivity contribution is 0.218. The molecule has 21 heavy (non-hydrogen) atoms. The van der Waals surface area contributed by atoms with Gasteiger partial charge in [0, 0.05) is 41.9 Å². The van der Waals surface area contributed by atoms with Gasteiger partial charge in [0.15, 0.2) is 11.5 Å². The fourth-order valence-corrected chi connectivity index (χ4v) is 3.44. The Morgan fingerprint density at radius 1 is 1.33 bits per heavy atom. The second-order valence-corrected chi connectivity index (χ2v) is 6.52. The van der Waals surface area contributed by atoms with Crippen molar-refractivity contribution in [2.45, 2.75) is 12.5 Å². The van der Waals surface area contributed by atoms with Crippen LogP contribution >= 0.6 is 0 Å². The van der Waals surface area contributed by atoms with Crippen LogP contribution in [0.5, 0.6) is 11.5 Å². The third-order valence-corrected chi connectivity index (χ3v) is 4.72. The minimum absolute atomic E-state index is 0.0276. The summed E-state index contributed by atoms with van der Waals surface area (Å²) in [4.78, 5) is 0. The van der Waals surface area contributed by atoms with Gasteiger partial charge in [0.1, 0.15) is 0 Å². The van der Waals surface area contributed by atoms with Crippen LogP contribution in [0.4, 0.5) is 0 Å². The number of hydrogen-bond acceptors (Lipinski definition) is 5. The summed E-state index contributed by atoms with van der Waals surface area (Å²) in [6, 6.07) is 5.94. The average molecular weight is 313 g/mol. The first-order valence-corrected chi connectivity index (χ1v) is 8.64. The van der Waals surface area contributed by atoms with Gasteiger partial charge in [-0.15, -0.1) is 0 Å². The molecule has 2 atom stereocenters. The SMILES string of the molecule is CNC(CS(=O)CCOC)c1ccc2c(c1)OCCCO2. The van der Waals surface area contributed by atoms with E-state index in [0.29, 0.717) is 31.3 Å². The predicted octanol–water partition coefficient (Wildman–Crippen LogP) is 1.50. The van der Waals surface area contributed by atoms with Crippen LogP contribution < -0.4 is 14.8 Å². The van der Waals surface area contributed by atoms with Gasteiger partial charge in [-0.3, -0.25) is 4.21 Å². The highest BCUT2D eigenvalue weighted by Gasteiger charge is 2.17. The Morgan fingerprint density at radius 3 is 2.81 bits per heavy atom. The van der Waals surface area contributed by atoms with E-state index in [1.165, 1.54) is 0 Å². The summed E-state index contributed by atoms with van der Waals surface area (Å²) in [5, 5.41) is 3.22. The third kappa shape index (κ3) is 4.69. The molecule has 0 saturated carbocycles. The molecule has 1 heterocycles. The predicted molar refractivity (Wildman–Crippen MR) is 83.6 cm³/mol. The first kappa shape index (κ1) is 16.3. The molecule has 1 aromatic rings. The van der Waals surface area contributed by atoms with Gasteiger partial charge in [-0.25, -0.2) is 0 Å². The van der Waals surface area contributed by atoms with Gasteiger partial charge in [0.25, 0.3) is 0 Å². The van der Waals surface area contributed by atoms with Crippen molar-refractivity contribution >= 4 is 10.8 Å². The minimum Gasteiger partial charge on any atom is -0.490 e. The molecule has 2 rings (SSSR count). The topological polar surface area (TPSA) is 56.8 Å². The Bertz CT molecular complexity index is 481. The fourth-order valence-electron chi connectivity index (χ4n) is 2.19. The van der Waals surface area contributed by atoms with Gasteiger partial charge < -0.3 is 19.5 Å². The summed E-state index contributed by atoms with van der Waals surface area (Å²) in [6.07, 6.45) is 0.889. The van der Waals surface area contributed by atoms with Crippen LogP contribution in [0.15, 0.2) is 18.2 Å². The highest BCUT2D eigenvalue weighted by Crippen LogP contribution is 2.32. The molecule has 1 N–H and O–H groups in total. The van der Waals surface area contributed by atoms with Crippen molar-refractivity contribution < 1.29 is 18.4 Å². The maximum atomic E-state index is 12.0. The Balaban J connectivity index is 2.07. The Kier molecular flexibility index (Phi) is 6.48. The van der Waals surface area contributed by atoms with E-state index in [9.17, 15) is 4.21 Å². The van der Waals surface area contributed by atoms with Gasteiger partial charge in [-0.1, -0.05) is 6.07 Å². The zero-order valence-electron chi connectivity index (χ0n) is 12.6. The van der Waals surface area contributed by atoms with E-state index in [4.69, 9.17) is 14.2 Å².